The number of furan rings is 1. The summed E-state index contributed by atoms with van der Waals surface area (Å²) >= 11 is 0. The number of fused-ring (bicyclic) bond motifs is 5. The highest BCUT2D eigenvalue weighted by Crippen LogP contribution is 2.51. The van der Waals surface area contributed by atoms with Crippen LogP contribution in [0, 0.1) is 13.8 Å². The zero-order valence-corrected chi connectivity index (χ0v) is 38.4. The fourth-order valence-corrected chi connectivity index (χ4v) is 10.7. The number of anilines is 6. The molecule has 0 bridgehead atoms. The van der Waals surface area contributed by atoms with Gasteiger partial charge in [-0.05, 0) is 172 Å². The predicted molar refractivity (Wildman–Crippen MR) is 293 cm³/mol. The topological polar surface area (TPSA) is 19.6 Å². The lowest BCUT2D eigenvalue weighted by molar-refractivity contribution is 0.673. The van der Waals surface area contributed by atoms with E-state index in [2.05, 4.69) is 266 Å². The van der Waals surface area contributed by atoms with Crippen LogP contribution in [0.1, 0.15) is 11.1 Å². The summed E-state index contributed by atoms with van der Waals surface area (Å²) in [4.78, 5) is 4.63. The Bertz CT molecular complexity index is 3930. The fourth-order valence-electron chi connectivity index (χ4n) is 10.7. The third kappa shape index (κ3) is 6.98. The Labute approximate surface area is 401 Å². The highest BCUT2D eigenvalue weighted by atomic mass is 16.3. The van der Waals surface area contributed by atoms with Crippen molar-refractivity contribution in [2.24, 2.45) is 0 Å². The molecule has 0 saturated carbocycles. The standard InChI is InChI=1S/C66H46N2O/c1-43-17-15-19-46(35-43)48-37-50-41-58(45-29-31-55(32-30-45)67(51-21-7-3-8-22-51)52-23-9-4-10-24-52)59-38-49(47-20-16-18-44(2)36-47)40-61-64(59)63(50)60(39-48)65-57-34-33-56(42-62(57)69-66(61)65)68(53-25-11-5-12-26-53)54-27-13-6-14-28-54/h3-42H,1-2H3. The molecule has 3 nitrogen and oxygen atoms in total. The molecule has 13 aromatic rings. The number of benzene rings is 12. The quantitative estimate of drug-likeness (QED) is 0.135. The van der Waals surface area contributed by atoms with Gasteiger partial charge in [-0.3, -0.25) is 0 Å². The van der Waals surface area contributed by atoms with Crippen molar-refractivity contribution in [2.45, 2.75) is 13.8 Å². The van der Waals surface area contributed by atoms with E-state index in [0.717, 1.165) is 72.6 Å². The molecule has 0 fully saturated rings. The lowest BCUT2D eigenvalue weighted by atomic mass is 9.84. The second kappa shape index (κ2) is 16.4. The molecule has 0 atom stereocenters. The molecule has 0 amide bonds. The average Bonchev–Trinajstić information content (AvgIpc) is 3.79. The van der Waals surface area contributed by atoms with Crippen LogP contribution in [-0.4, -0.2) is 0 Å². The van der Waals surface area contributed by atoms with Gasteiger partial charge in [0.15, 0.2) is 0 Å². The van der Waals surface area contributed by atoms with Crippen molar-refractivity contribution in [2.75, 3.05) is 9.80 Å². The van der Waals surface area contributed by atoms with Crippen LogP contribution in [0.3, 0.4) is 0 Å². The van der Waals surface area contributed by atoms with E-state index in [1.54, 1.807) is 0 Å². The second-order valence-corrected chi connectivity index (χ2v) is 18.3. The summed E-state index contributed by atoms with van der Waals surface area (Å²) in [5.41, 5.74) is 17.8. The van der Waals surface area contributed by atoms with Gasteiger partial charge in [0.2, 0.25) is 0 Å². The van der Waals surface area contributed by atoms with Gasteiger partial charge in [0.05, 0.1) is 0 Å². The number of rotatable bonds is 9. The minimum atomic E-state index is 0.850. The molecule has 0 spiro atoms. The van der Waals surface area contributed by atoms with Crippen LogP contribution in [0.15, 0.2) is 247 Å². The maximum atomic E-state index is 7.35. The summed E-state index contributed by atoms with van der Waals surface area (Å²) in [5.74, 6) is 0. The van der Waals surface area contributed by atoms with Gasteiger partial charge in [-0.15, -0.1) is 0 Å². The SMILES string of the molecule is Cc1cccc(-c2cc3cc(-c4ccc(N(c5ccccc5)c5ccccc5)cc4)c4cc(-c5cccc(C)c5)cc5c6oc7cc(N(c8ccccc8)c8ccccc8)ccc7c6c(c2)c3c45)c1. The van der Waals surface area contributed by atoms with E-state index >= 15 is 0 Å². The van der Waals surface area contributed by atoms with E-state index in [-0.39, 0.29) is 0 Å². The number of hydrogen-bond acceptors (Lipinski definition) is 3. The Morgan fingerprint density at radius 3 is 1.32 bits per heavy atom. The molecule has 326 valence electrons. The van der Waals surface area contributed by atoms with Gasteiger partial charge >= 0.3 is 0 Å². The van der Waals surface area contributed by atoms with Crippen LogP contribution in [0.4, 0.5) is 34.1 Å². The molecule has 13 rings (SSSR count). The van der Waals surface area contributed by atoms with Crippen molar-refractivity contribution in [3.63, 3.8) is 0 Å². The number of nitrogens with zero attached hydrogens (tertiary/aromatic N) is 2. The molecule has 1 heterocycles. The molecular weight excluding hydrogens is 837 g/mol. The van der Waals surface area contributed by atoms with Crippen molar-refractivity contribution < 1.29 is 4.42 Å². The molecule has 0 aliphatic carbocycles. The molecule has 1 aromatic heterocycles. The minimum Gasteiger partial charge on any atom is -0.455 e. The molecule has 0 aliphatic heterocycles. The Balaban J connectivity index is 1.10. The van der Waals surface area contributed by atoms with E-state index in [9.17, 15) is 0 Å². The van der Waals surface area contributed by atoms with Crippen molar-refractivity contribution in [3.8, 4) is 33.4 Å². The Kier molecular flexibility index (Phi) is 9.62. The van der Waals surface area contributed by atoms with Gasteiger partial charge in [-0.2, -0.15) is 0 Å². The Morgan fingerprint density at radius 1 is 0.290 bits per heavy atom. The highest BCUT2D eigenvalue weighted by molar-refractivity contribution is 6.39. The van der Waals surface area contributed by atoms with Crippen LogP contribution >= 0.6 is 0 Å². The zero-order valence-electron chi connectivity index (χ0n) is 38.4. The van der Waals surface area contributed by atoms with Crippen LogP contribution < -0.4 is 9.80 Å². The van der Waals surface area contributed by atoms with Gasteiger partial charge in [-0.25, -0.2) is 0 Å². The second-order valence-electron chi connectivity index (χ2n) is 18.3. The summed E-state index contributed by atoms with van der Waals surface area (Å²) in [5, 5.41) is 9.40. The van der Waals surface area contributed by atoms with E-state index in [1.165, 1.54) is 60.3 Å². The molecule has 69 heavy (non-hydrogen) atoms. The normalized spacial score (nSPS) is 11.6. The fraction of sp³-hybridized carbons (Fsp3) is 0.0303. The zero-order chi connectivity index (χ0) is 46.0. The third-order valence-electron chi connectivity index (χ3n) is 13.8. The van der Waals surface area contributed by atoms with E-state index in [1.807, 2.05) is 0 Å². The smallest absolute Gasteiger partial charge is 0.143 e. The lowest BCUT2D eigenvalue weighted by Gasteiger charge is -2.25. The maximum Gasteiger partial charge on any atom is 0.143 e. The van der Waals surface area contributed by atoms with Crippen molar-refractivity contribution in [1.82, 2.24) is 0 Å². The molecule has 3 heteroatoms. The van der Waals surface area contributed by atoms with Gasteiger partial charge in [-0.1, -0.05) is 145 Å². The average molecular weight is 883 g/mol. The van der Waals surface area contributed by atoms with E-state index < -0.39 is 0 Å². The van der Waals surface area contributed by atoms with Crippen LogP contribution in [0.5, 0.6) is 0 Å². The Hall–Kier alpha value is -8.92. The monoisotopic (exact) mass is 882 g/mol. The molecule has 0 N–H and O–H groups in total. The summed E-state index contributed by atoms with van der Waals surface area (Å²) in [6.45, 7) is 4.34. The van der Waals surface area contributed by atoms with E-state index in [0.29, 0.717) is 0 Å². The molecular formula is C66H46N2O. The van der Waals surface area contributed by atoms with Crippen molar-refractivity contribution >= 4 is 88.4 Å². The maximum absolute atomic E-state index is 7.35. The molecule has 0 unspecified atom stereocenters. The van der Waals surface area contributed by atoms with Gasteiger partial charge in [0.25, 0.3) is 0 Å². The predicted octanol–water partition coefficient (Wildman–Crippen LogP) is 19.0. The van der Waals surface area contributed by atoms with Crippen LogP contribution in [0.25, 0.3) is 87.6 Å². The summed E-state index contributed by atoms with van der Waals surface area (Å²) in [6, 6.07) is 88.0. The van der Waals surface area contributed by atoms with Crippen molar-refractivity contribution in [3.05, 3.63) is 254 Å². The third-order valence-corrected chi connectivity index (χ3v) is 13.8. The van der Waals surface area contributed by atoms with Crippen molar-refractivity contribution in [1.29, 1.82) is 0 Å². The lowest BCUT2D eigenvalue weighted by Crippen LogP contribution is -2.09. The van der Waals surface area contributed by atoms with Gasteiger partial charge in [0.1, 0.15) is 11.2 Å². The van der Waals surface area contributed by atoms with Crippen LogP contribution in [0.2, 0.25) is 0 Å². The first-order valence-electron chi connectivity index (χ1n) is 23.7. The van der Waals surface area contributed by atoms with Gasteiger partial charge < -0.3 is 14.2 Å². The summed E-state index contributed by atoms with van der Waals surface area (Å²) < 4.78 is 7.35. The first-order chi connectivity index (χ1) is 34.0. The Morgan fingerprint density at radius 2 is 0.768 bits per heavy atom. The minimum absolute atomic E-state index is 0.850. The molecule has 12 aromatic carbocycles. The summed E-state index contributed by atoms with van der Waals surface area (Å²) in [7, 11) is 0. The largest absolute Gasteiger partial charge is 0.455 e. The first-order valence-corrected chi connectivity index (χ1v) is 23.7. The molecule has 0 saturated heterocycles. The summed E-state index contributed by atoms with van der Waals surface area (Å²) in [6.07, 6.45) is 0. The number of para-hydroxylation sites is 4. The first kappa shape index (κ1) is 40.4. The molecule has 0 radical (unpaired) electrons. The van der Waals surface area contributed by atoms with Gasteiger partial charge in [0, 0.05) is 61.7 Å². The highest BCUT2D eigenvalue weighted by Gasteiger charge is 2.24. The van der Waals surface area contributed by atoms with Crippen LogP contribution in [-0.2, 0) is 0 Å². The molecule has 0 aliphatic rings. The number of aryl methyl sites for hydroxylation is 2. The number of hydrogen-bond donors (Lipinski definition) is 0. The van der Waals surface area contributed by atoms with E-state index in [4.69, 9.17) is 4.42 Å².